The summed E-state index contributed by atoms with van der Waals surface area (Å²) in [6.07, 6.45) is 3.39. The Kier molecular flexibility index (Phi) is 5.30. The Bertz CT molecular complexity index is 694. The predicted octanol–water partition coefficient (Wildman–Crippen LogP) is 2.82. The molecule has 134 valence electrons. The third-order valence-electron chi connectivity index (χ3n) is 4.53. The number of allylic oxidation sites excluding steroid dienone is 1. The zero-order chi connectivity index (χ0) is 17.9. The molecule has 0 unspecified atom stereocenters. The van der Waals surface area contributed by atoms with Gasteiger partial charge in [0.15, 0.2) is 0 Å². The number of benzene rings is 1. The molecule has 2 fully saturated rings. The summed E-state index contributed by atoms with van der Waals surface area (Å²) >= 11 is 5.98. The number of halogens is 1. The summed E-state index contributed by atoms with van der Waals surface area (Å²) in [6, 6.07) is 6.97. The van der Waals surface area contributed by atoms with Crippen LogP contribution in [0.25, 0.3) is 0 Å². The normalized spacial score (nSPS) is 19.2. The second kappa shape index (κ2) is 7.45. The summed E-state index contributed by atoms with van der Waals surface area (Å²) in [6.45, 7) is 4.77. The standard InChI is InChI=1S/C18H23ClN4O2/c1-18(5-6-18)11-25-16(15(10-20)23-8-7-21-12-23)17(24)22-14-4-2-3-13(19)9-14/h2-4,9-10,20-21H,5-8,11-12H2,1H3,(H,22,24). The minimum atomic E-state index is -0.364. The van der Waals surface area contributed by atoms with Crippen molar-refractivity contribution < 1.29 is 9.53 Å². The first-order chi connectivity index (χ1) is 12.0. The van der Waals surface area contributed by atoms with Crippen LogP contribution in [0, 0.1) is 10.8 Å². The molecule has 0 aromatic heterocycles. The minimum absolute atomic E-state index is 0.137. The van der Waals surface area contributed by atoms with E-state index in [1.807, 2.05) is 4.90 Å². The third kappa shape index (κ3) is 4.52. The molecule has 1 aliphatic carbocycles. The van der Waals surface area contributed by atoms with Gasteiger partial charge in [-0.3, -0.25) is 10.1 Å². The lowest BCUT2D eigenvalue weighted by Gasteiger charge is -2.22. The Balaban J connectivity index is 1.83. The van der Waals surface area contributed by atoms with E-state index in [-0.39, 0.29) is 17.1 Å². The number of amides is 1. The topological polar surface area (TPSA) is 77.5 Å². The van der Waals surface area contributed by atoms with Crippen molar-refractivity contribution in [1.82, 2.24) is 10.2 Å². The predicted molar refractivity (Wildman–Crippen MR) is 98.8 cm³/mol. The maximum absolute atomic E-state index is 12.8. The molecule has 0 radical (unpaired) electrons. The summed E-state index contributed by atoms with van der Waals surface area (Å²) in [5.74, 6) is -0.177. The third-order valence-corrected chi connectivity index (χ3v) is 4.76. The Morgan fingerprint density at radius 1 is 1.52 bits per heavy atom. The number of hydrogen-bond acceptors (Lipinski definition) is 5. The summed E-state index contributed by atoms with van der Waals surface area (Å²) in [4.78, 5) is 14.8. The molecule has 25 heavy (non-hydrogen) atoms. The van der Waals surface area contributed by atoms with Gasteiger partial charge >= 0.3 is 0 Å². The summed E-state index contributed by atoms with van der Waals surface area (Å²) in [7, 11) is 0. The van der Waals surface area contributed by atoms with E-state index >= 15 is 0 Å². The van der Waals surface area contributed by atoms with Crippen molar-refractivity contribution in [1.29, 1.82) is 5.41 Å². The van der Waals surface area contributed by atoms with Crippen molar-refractivity contribution in [2.24, 2.45) is 5.41 Å². The minimum Gasteiger partial charge on any atom is -0.486 e. The smallest absolute Gasteiger partial charge is 0.293 e. The van der Waals surface area contributed by atoms with Crippen LogP contribution in [0.4, 0.5) is 5.69 Å². The zero-order valence-corrected chi connectivity index (χ0v) is 15.0. The monoisotopic (exact) mass is 362 g/mol. The fourth-order valence-electron chi connectivity index (χ4n) is 2.63. The lowest BCUT2D eigenvalue weighted by atomic mass is 10.2. The average Bonchev–Trinajstić information content (AvgIpc) is 3.09. The average molecular weight is 363 g/mol. The van der Waals surface area contributed by atoms with Crippen molar-refractivity contribution in [3.05, 3.63) is 40.7 Å². The number of anilines is 1. The van der Waals surface area contributed by atoms with Crippen LogP contribution in [-0.4, -0.2) is 43.4 Å². The van der Waals surface area contributed by atoms with E-state index in [0.717, 1.165) is 25.9 Å². The van der Waals surface area contributed by atoms with Crippen LogP contribution < -0.4 is 10.6 Å². The zero-order valence-electron chi connectivity index (χ0n) is 14.3. The molecule has 1 saturated heterocycles. The number of rotatable bonds is 7. The quantitative estimate of drug-likeness (QED) is 0.396. The molecule has 7 heteroatoms. The number of carbonyl (C=O) groups excluding carboxylic acids is 1. The van der Waals surface area contributed by atoms with Crippen LogP contribution in [0.3, 0.4) is 0 Å². The van der Waals surface area contributed by atoms with E-state index in [2.05, 4.69) is 17.6 Å². The SMILES string of the molecule is CC1(COC(C(=O)Nc2cccc(Cl)c2)=C(C=N)N2CCNC2)CC1. The number of hydrogen-bond donors (Lipinski definition) is 3. The second-order valence-corrected chi connectivity index (χ2v) is 7.28. The Morgan fingerprint density at radius 3 is 2.92 bits per heavy atom. The Morgan fingerprint density at radius 2 is 2.32 bits per heavy atom. The van der Waals surface area contributed by atoms with E-state index in [1.165, 1.54) is 6.21 Å². The van der Waals surface area contributed by atoms with Gasteiger partial charge < -0.3 is 20.4 Å². The molecule has 1 heterocycles. The van der Waals surface area contributed by atoms with Crippen molar-refractivity contribution >= 4 is 29.4 Å². The van der Waals surface area contributed by atoms with Gasteiger partial charge in [0.2, 0.25) is 5.76 Å². The molecule has 1 aromatic carbocycles. The highest BCUT2D eigenvalue weighted by atomic mass is 35.5. The molecular formula is C18H23ClN4O2. The maximum atomic E-state index is 12.8. The van der Waals surface area contributed by atoms with Crippen LogP contribution in [0.15, 0.2) is 35.7 Å². The summed E-state index contributed by atoms with van der Waals surface area (Å²) in [5, 5.41) is 14.4. The lowest BCUT2D eigenvalue weighted by Crippen LogP contribution is -2.29. The van der Waals surface area contributed by atoms with Crippen molar-refractivity contribution in [3.63, 3.8) is 0 Å². The summed E-state index contributed by atoms with van der Waals surface area (Å²) in [5.41, 5.74) is 1.23. The Hall–Kier alpha value is -2.05. The first kappa shape index (κ1) is 17.8. The van der Waals surface area contributed by atoms with Crippen molar-refractivity contribution in [2.75, 3.05) is 31.7 Å². The summed E-state index contributed by atoms with van der Waals surface area (Å²) < 4.78 is 5.91. The van der Waals surface area contributed by atoms with Crippen LogP contribution in [0.1, 0.15) is 19.8 Å². The van der Waals surface area contributed by atoms with Gasteiger partial charge in [0.1, 0.15) is 5.70 Å². The highest BCUT2D eigenvalue weighted by Gasteiger charge is 2.39. The number of nitrogens with zero attached hydrogens (tertiary/aromatic N) is 1. The van der Waals surface area contributed by atoms with E-state index in [1.54, 1.807) is 24.3 Å². The van der Waals surface area contributed by atoms with Crippen LogP contribution in [0.5, 0.6) is 0 Å². The molecule has 0 bridgehead atoms. The van der Waals surface area contributed by atoms with E-state index in [9.17, 15) is 4.79 Å². The highest BCUT2D eigenvalue weighted by Crippen LogP contribution is 2.45. The van der Waals surface area contributed by atoms with Gasteiger partial charge in [0, 0.05) is 35.4 Å². The van der Waals surface area contributed by atoms with Gasteiger partial charge in [-0.15, -0.1) is 0 Å². The van der Waals surface area contributed by atoms with Crippen molar-refractivity contribution in [2.45, 2.75) is 19.8 Å². The van der Waals surface area contributed by atoms with Crippen LogP contribution >= 0.6 is 11.6 Å². The largest absolute Gasteiger partial charge is 0.486 e. The van der Waals surface area contributed by atoms with Crippen LogP contribution in [-0.2, 0) is 9.53 Å². The molecule has 2 aliphatic rings. The maximum Gasteiger partial charge on any atom is 0.293 e. The number of carbonyl (C=O) groups is 1. The fraction of sp³-hybridized carbons (Fsp3) is 0.444. The van der Waals surface area contributed by atoms with Gasteiger partial charge in [-0.1, -0.05) is 24.6 Å². The van der Waals surface area contributed by atoms with Gasteiger partial charge in [-0.2, -0.15) is 0 Å². The van der Waals surface area contributed by atoms with Gasteiger partial charge in [-0.05, 0) is 31.0 Å². The first-order valence-corrected chi connectivity index (χ1v) is 8.79. The highest BCUT2D eigenvalue weighted by molar-refractivity contribution is 6.31. The Labute approximate surface area is 152 Å². The lowest BCUT2D eigenvalue weighted by molar-refractivity contribution is -0.116. The van der Waals surface area contributed by atoms with E-state index in [4.69, 9.17) is 21.7 Å². The first-order valence-electron chi connectivity index (χ1n) is 8.41. The molecular weight excluding hydrogens is 340 g/mol. The number of nitrogens with one attached hydrogen (secondary N) is 3. The van der Waals surface area contributed by atoms with Gasteiger partial charge in [0.05, 0.1) is 13.3 Å². The molecule has 0 atom stereocenters. The van der Waals surface area contributed by atoms with Gasteiger partial charge in [-0.25, -0.2) is 0 Å². The number of ether oxygens (including phenoxy) is 1. The molecule has 1 saturated carbocycles. The molecule has 0 spiro atoms. The molecule has 3 rings (SSSR count). The molecule has 1 aromatic rings. The van der Waals surface area contributed by atoms with Gasteiger partial charge in [0.25, 0.3) is 5.91 Å². The molecule has 6 nitrogen and oxygen atoms in total. The second-order valence-electron chi connectivity index (χ2n) is 6.84. The fourth-order valence-corrected chi connectivity index (χ4v) is 2.82. The van der Waals surface area contributed by atoms with Crippen LogP contribution in [0.2, 0.25) is 5.02 Å². The molecule has 1 aliphatic heterocycles. The van der Waals surface area contributed by atoms with E-state index in [0.29, 0.717) is 29.7 Å². The molecule has 3 N–H and O–H groups in total. The van der Waals surface area contributed by atoms with E-state index < -0.39 is 0 Å². The van der Waals surface area contributed by atoms with Crippen molar-refractivity contribution in [3.8, 4) is 0 Å². The molecule has 1 amide bonds.